The van der Waals surface area contributed by atoms with E-state index in [1.807, 2.05) is 37.3 Å². The summed E-state index contributed by atoms with van der Waals surface area (Å²) in [4.78, 5) is 100. The molecule has 0 radical (unpaired) electrons. The predicted molar refractivity (Wildman–Crippen MR) is 228 cm³/mol. The highest BCUT2D eigenvalue weighted by Gasteiger charge is 2.36. The number of phenols is 1. The Kier molecular flexibility index (Phi) is 19.8. The fraction of sp³-hybridized carbons (Fsp3) is 0.524. The lowest BCUT2D eigenvalue weighted by Crippen LogP contribution is -2.60. The maximum atomic E-state index is 14.2. The van der Waals surface area contributed by atoms with Crippen molar-refractivity contribution in [2.45, 2.75) is 115 Å². The minimum atomic E-state index is -1.34. The van der Waals surface area contributed by atoms with Crippen molar-refractivity contribution >= 4 is 47.5 Å². The molecule has 1 heterocycles. The number of phenolic OH excluding ortho intramolecular Hbond substituents is 1. The summed E-state index contributed by atoms with van der Waals surface area (Å²) < 4.78 is 0. The second-order valence-corrected chi connectivity index (χ2v) is 15.3. The van der Waals surface area contributed by atoms with Crippen LogP contribution in [0.5, 0.6) is 5.75 Å². The van der Waals surface area contributed by atoms with E-state index in [-0.39, 0.29) is 63.3 Å². The zero-order chi connectivity index (χ0) is 45.1. The van der Waals surface area contributed by atoms with Crippen molar-refractivity contribution in [1.82, 2.24) is 36.8 Å². The summed E-state index contributed by atoms with van der Waals surface area (Å²) in [6, 6.07) is 7.46. The van der Waals surface area contributed by atoms with Gasteiger partial charge in [-0.2, -0.15) is 0 Å². The lowest BCUT2D eigenvalue weighted by atomic mass is 9.96. The highest BCUT2D eigenvalue weighted by Crippen LogP contribution is 2.16. The molecule has 3 rings (SSSR count). The molecule has 7 amide bonds. The average Bonchev–Trinajstić information content (AvgIpc) is 3.23. The fourth-order valence-corrected chi connectivity index (χ4v) is 6.61. The van der Waals surface area contributed by atoms with Crippen LogP contribution in [-0.4, -0.2) is 119 Å². The number of nitrogens with zero attached hydrogens (tertiary/aromatic N) is 2. The lowest BCUT2D eigenvalue weighted by molar-refractivity contribution is -0.142. The van der Waals surface area contributed by atoms with Gasteiger partial charge in [0.15, 0.2) is 5.96 Å². The zero-order valence-corrected chi connectivity index (χ0v) is 35.3. The van der Waals surface area contributed by atoms with E-state index in [2.05, 4.69) is 36.9 Å². The lowest BCUT2D eigenvalue weighted by Gasteiger charge is -2.32. The van der Waals surface area contributed by atoms with Crippen molar-refractivity contribution in [2.24, 2.45) is 22.4 Å². The summed E-state index contributed by atoms with van der Waals surface area (Å²) >= 11 is 0. The molecule has 7 atom stereocenters. The number of aromatic hydroxyl groups is 1. The highest BCUT2D eigenvalue weighted by atomic mass is 16.4. The molecule has 1 fully saturated rings. The Morgan fingerprint density at radius 3 is 2.21 bits per heavy atom. The third-order valence-corrected chi connectivity index (χ3v) is 10.7. The van der Waals surface area contributed by atoms with E-state index in [1.54, 1.807) is 19.1 Å². The number of aliphatic imine (C=N–C) groups is 1. The number of urea groups is 1. The van der Waals surface area contributed by atoms with Crippen molar-refractivity contribution in [1.29, 1.82) is 0 Å². The van der Waals surface area contributed by atoms with Crippen molar-refractivity contribution in [3.63, 3.8) is 0 Å². The summed E-state index contributed by atoms with van der Waals surface area (Å²) in [5.74, 6) is -4.96. The molecular formula is C42H62N10O9. The maximum absolute atomic E-state index is 14.2. The zero-order valence-electron chi connectivity index (χ0n) is 35.3. The number of benzene rings is 2. The Morgan fingerprint density at radius 1 is 0.902 bits per heavy atom. The Morgan fingerprint density at radius 2 is 1.57 bits per heavy atom. The Hall–Kier alpha value is -6.40. The molecule has 0 saturated carbocycles. The van der Waals surface area contributed by atoms with Crippen LogP contribution < -0.4 is 43.4 Å². The molecule has 0 bridgehead atoms. The first-order valence-electron chi connectivity index (χ1n) is 20.6. The van der Waals surface area contributed by atoms with Gasteiger partial charge in [-0.1, -0.05) is 62.7 Å². The second kappa shape index (κ2) is 24.6. The number of carbonyl (C=O) groups is 7. The molecule has 19 nitrogen and oxygen atoms in total. The van der Waals surface area contributed by atoms with Crippen LogP contribution in [0.25, 0.3) is 0 Å². The van der Waals surface area contributed by atoms with Crippen molar-refractivity contribution < 1.29 is 43.8 Å². The van der Waals surface area contributed by atoms with Gasteiger partial charge in [0.1, 0.15) is 42.0 Å². The number of likely N-dealkylation sites (N-methyl/N-ethyl adjacent to an activating group) is 1. The molecule has 0 unspecified atom stereocenters. The van der Waals surface area contributed by atoms with Crippen molar-refractivity contribution in [3.8, 4) is 5.75 Å². The fourth-order valence-electron chi connectivity index (χ4n) is 6.61. The van der Waals surface area contributed by atoms with Gasteiger partial charge >= 0.3 is 12.0 Å². The van der Waals surface area contributed by atoms with E-state index in [9.17, 15) is 43.8 Å². The number of hydrogen-bond donors (Lipinski definition) is 10. The first-order valence-corrected chi connectivity index (χ1v) is 20.6. The van der Waals surface area contributed by atoms with Crippen LogP contribution in [0, 0.1) is 5.92 Å². The van der Waals surface area contributed by atoms with Crippen LogP contribution >= 0.6 is 0 Å². The largest absolute Gasteiger partial charge is 0.508 e. The normalized spacial score (nSPS) is 22.1. The summed E-state index contributed by atoms with van der Waals surface area (Å²) in [7, 11) is 1.43. The molecule has 334 valence electrons. The molecule has 12 N–H and O–H groups in total. The molecule has 61 heavy (non-hydrogen) atoms. The summed E-state index contributed by atoms with van der Waals surface area (Å²) in [6.07, 6.45) is 1.85. The molecule has 1 aliphatic heterocycles. The van der Waals surface area contributed by atoms with E-state index in [0.29, 0.717) is 19.3 Å². The summed E-state index contributed by atoms with van der Waals surface area (Å²) in [5, 5.41) is 35.7. The smallest absolute Gasteiger partial charge is 0.326 e. The molecule has 0 spiro atoms. The van der Waals surface area contributed by atoms with E-state index >= 15 is 0 Å². The van der Waals surface area contributed by atoms with E-state index < -0.39 is 83.7 Å². The third-order valence-electron chi connectivity index (χ3n) is 10.7. The van der Waals surface area contributed by atoms with Crippen molar-refractivity contribution in [3.05, 3.63) is 65.7 Å². The number of aliphatic carboxylic acids is 1. The summed E-state index contributed by atoms with van der Waals surface area (Å²) in [5.41, 5.74) is 12.2. The third kappa shape index (κ3) is 16.3. The van der Waals surface area contributed by atoms with Gasteiger partial charge in [-0.05, 0) is 81.0 Å². The minimum absolute atomic E-state index is 0.0152. The number of guanidine groups is 1. The van der Waals surface area contributed by atoms with Crippen LogP contribution in [0.15, 0.2) is 59.6 Å². The molecule has 2 aromatic rings. The van der Waals surface area contributed by atoms with Crippen LogP contribution in [0.3, 0.4) is 0 Å². The van der Waals surface area contributed by atoms with Gasteiger partial charge in [0.25, 0.3) is 0 Å². The monoisotopic (exact) mass is 850 g/mol. The predicted octanol–water partition coefficient (Wildman–Crippen LogP) is 0.390. The molecule has 1 aliphatic rings. The number of amides is 7. The van der Waals surface area contributed by atoms with Gasteiger partial charge in [0, 0.05) is 26.6 Å². The Labute approximate surface area is 356 Å². The molecule has 0 aliphatic carbocycles. The first-order chi connectivity index (χ1) is 29.0. The SMILES string of the molecule is CC[C@@H](C)[C@@H]1NC(=O)[C@H](NC(=O)N[C@@H](CCCN=C(N)N)C(=O)O)CCCCNC(=O)[C@H](Cc2ccccc2)NC(=O)[C@H](C)N(C)C(=O)[C@H](CCc2ccc(O)cc2)NC1=O. The molecular weight excluding hydrogens is 789 g/mol. The molecule has 19 heteroatoms. The summed E-state index contributed by atoms with van der Waals surface area (Å²) in [6.45, 7) is 5.36. The number of aryl methyl sites for hydroxylation is 1. The minimum Gasteiger partial charge on any atom is -0.508 e. The van der Waals surface area contributed by atoms with E-state index in [0.717, 1.165) is 11.1 Å². The quantitative estimate of drug-likeness (QED) is 0.0705. The first kappa shape index (κ1) is 49.0. The van der Waals surface area contributed by atoms with Gasteiger partial charge in [-0.15, -0.1) is 0 Å². The van der Waals surface area contributed by atoms with Gasteiger partial charge in [0.2, 0.25) is 29.5 Å². The van der Waals surface area contributed by atoms with E-state index in [4.69, 9.17) is 11.5 Å². The number of nitrogens with two attached hydrogens (primary N) is 2. The van der Waals surface area contributed by atoms with Crippen LogP contribution in [0.1, 0.15) is 76.8 Å². The standard InChI is InChI=1S/C42H62N10O9/c1-5-25(2)34-38(57)47-31(21-18-27-16-19-29(53)20-17-27)39(58)52(4)26(3)35(54)48-33(24-28-12-7-6-8-13-28)36(55)45-22-10-9-14-30(37(56)51-34)49-42(61)50-32(40(59)60)15-11-23-46-41(43)44/h6-8,12-13,16-17,19-20,25-26,30-34,53H,5,9-11,14-15,18,21-24H2,1-4H3,(H,45,55)(H,47,57)(H,48,54)(H,51,56)(H,59,60)(H4,43,44,46)(H2,49,50,61)/t25-,26+,30-,31+,32+,33+,34+/m1/s1. The molecule has 0 aromatic heterocycles. The van der Waals surface area contributed by atoms with Gasteiger partial charge in [-0.25, -0.2) is 9.59 Å². The number of hydrogen-bond acceptors (Lipinski definition) is 9. The van der Waals surface area contributed by atoms with Crippen molar-refractivity contribution in [2.75, 3.05) is 20.1 Å². The van der Waals surface area contributed by atoms with Crippen LogP contribution in [0.2, 0.25) is 0 Å². The van der Waals surface area contributed by atoms with Crippen LogP contribution in [0.4, 0.5) is 4.79 Å². The maximum Gasteiger partial charge on any atom is 0.326 e. The van der Waals surface area contributed by atoms with E-state index in [1.165, 1.54) is 31.0 Å². The number of rotatable bonds is 14. The Balaban J connectivity index is 1.97. The molecule has 1 saturated heterocycles. The molecule has 2 aromatic carbocycles. The highest BCUT2D eigenvalue weighted by molar-refractivity contribution is 5.96. The number of carboxylic acid groups (broad SMARTS) is 1. The topological polar surface area (TPSA) is 300 Å². The Bertz CT molecular complexity index is 1820. The average molecular weight is 851 g/mol. The van der Waals surface area contributed by atoms with Crippen LogP contribution in [-0.2, 0) is 41.6 Å². The number of carbonyl (C=O) groups excluding carboxylic acids is 6. The number of nitrogens with one attached hydrogen (secondary N) is 6. The van der Waals surface area contributed by atoms with Gasteiger partial charge in [-0.3, -0.25) is 29.0 Å². The van der Waals surface area contributed by atoms with Gasteiger partial charge in [0.05, 0.1) is 0 Å². The number of carboxylic acids is 1. The van der Waals surface area contributed by atoms with Gasteiger partial charge < -0.3 is 58.5 Å². The second-order valence-electron chi connectivity index (χ2n) is 15.3.